The molecule has 2 heterocycles. The third-order valence-corrected chi connectivity index (χ3v) is 4.67. The van der Waals surface area contributed by atoms with Crippen molar-refractivity contribution in [2.75, 3.05) is 19.7 Å². The predicted octanol–water partition coefficient (Wildman–Crippen LogP) is 2.21. The van der Waals surface area contributed by atoms with Crippen molar-refractivity contribution in [2.24, 2.45) is 11.8 Å². The molecule has 22 heavy (non-hydrogen) atoms. The van der Waals surface area contributed by atoms with Crippen LogP contribution in [0.15, 0.2) is 18.2 Å². The van der Waals surface area contributed by atoms with Crippen LogP contribution < -0.4 is 4.74 Å². The maximum absolute atomic E-state index is 12.6. The molecule has 0 aromatic heterocycles. The average molecular weight is 324 g/mol. The molecule has 1 aromatic rings. The SMILES string of the molecule is O=C(O)C1CCN(C(=O)C2COc3ccc(Cl)cc3C2)CC1. The number of halogens is 1. The number of carboxylic acid groups (broad SMARTS) is 1. The van der Waals surface area contributed by atoms with Gasteiger partial charge in [-0.3, -0.25) is 9.59 Å². The number of carbonyl (C=O) groups excluding carboxylic acids is 1. The number of aliphatic carboxylic acids is 1. The van der Waals surface area contributed by atoms with Crippen molar-refractivity contribution in [3.8, 4) is 5.75 Å². The first-order valence-corrected chi connectivity index (χ1v) is 7.85. The van der Waals surface area contributed by atoms with Gasteiger partial charge in [-0.05, 0) is 43.0 Å². The van der Waals surface area contributed by atoms with E-state index in [9.17, 15) is 9.59 Å². The summed E-state index contributed by atoms with van der Waals surface area (Å²) in [6.45, 7) is 1.38. The van der Waals surface area contributed by atoms with Crippen LogP contribution in [0.5, 0.6) is 5.75 Å². The molecule has 1 unspecified atom stereocenters. The number of nitrogens with zero attached hydrogens (tertiary/aromatic N) is 1. The number of carbonyl (C=O) groups is 2. The van der Waals surface area contributed by atoms with Crippen molar-refractivity contribution >= 4 is 23.5 Å². The summed E-state index contributed by atoms with van der Waals surface area (Å²) in [6.07, 6.45) is 1.67. The van der Waals surface area contributed by atoms with E-state index in [4.69, 9.17) is 21.4 Å². The molecule has 0 radical (unpaired) electrons. The van der Waals surface area contributed by atoms with Crippen LogP contribution in [0.1, 0.15) is 18.4 Å². The maximum atomic E-state index is 12.6. The first-order chi connectivity index (χ1) is 10.5. The Morgan fingerprint density at radius 1 is 1.23 bits per heavy atom. The van der Waals surface area contributed by atoms with E-state index in [2.05, 4.69) is 0 Å². The topological polar surface area (TPSA) is 66.8 Å². The minimum atomic E-state index is -0.767. The minimum Gasteiger partial charge on any atom is -0.492 e. The van der Waals surface area contributed by atoms with Gasteiger partial charge in [-0.2, -0.15) is 0 Å². The van der Waals surface area contributed by atoms with Crippen molar-refractivity contribution in [1.82, 2.24) is 4.90 Å². The Hall–Kier alpha value is -1.75. The molecule has 1 saturated heterocycles. The lowest BCUT2D eigenvalue weighted by Gasteiger charge is -2.34. The Labute approximate surface area is 133 Å². The van der Waals surface area contributed by atoms with Crippen molar-refractivity contribution in [3.05, 3.63) is 28.8 Å². The third-order valence-electron chi connectivity index (χ3n) is 4.43. The predicted molar refractivity (Wildman–Crippen MR) is 81.1 cm³/mol. The van der Waals surface area contributed by atoms with Gasteiger partial charge < -0.3 is 14.7 Å². The maximum Gasteiger partial charge on any atom is 0.306 e. The zero-order valence-electron chi connectivity index (χ0n) is 12.1. The highest BCUT2D eigenvalue weighted by atomic mass is 35.5. The van der Waals surface area contributed by atoms with Gasteiger partial charge in [-0.1, -0.05) is 11.6 Å². The molecule has 2 aliphatic rings. The monoisotopic (exact) mass is 323 g/mol. The molecule has 1 N–H and O–H groups in total. The highest BCUT2D eigenvalue weighted by Crippen LogP contribution is 2.31. The van der Waals surface area contributed by atoms with E-state index < -0.39 is 5.97 Å². The molecular weight excluding hydrogens is 306 g/mol. The summed E-state index contributed by atoms with van der Waals surface area (Å²) < 4.78 is 5.66. The van der Waals surface area contributed by atoms with Gasteiger partial charge >= 0.3 is 5.97 Å². The first kappa shape index (κ1) is 15.2. The molecule has 0 saturated carbocycles. The Bertz CT molecular complexity index is 596. The van der Waals surface area contributed by atoms with Crippen LogP contribution >= 0.6 is 11.6 Å². The number of fused-ring (bicyclic) bond motifs is 1. The second-order valence-electron chi connectivity index (χ2n) is 5.90. The lowest BCUT2D eigenvalue weighted by molar-refractivity contribution is -0.147. The van der Waals surface area contributed by atoms with Gasteiger partial charge in [-0.15, -0.1) is 0 Å². The van der Waals surface area contributed by atoms with Gasteiger partial charge in [0.15, 0.2) is 0 Å². The molecule has 5 nitrogen and oxygen atoms in total. The second-order valence-corrected chi connectivity index (χ2v) is 6.34. The van der Waals surface area contributed by atoms with Gasteiger partial charge in [0.1, 0.15) is 12.4 Å². The molecule has 1 amide bonds. The fourth-order valence-corrected chi connectivity index (χ4v) is 3.32. The largest absolute Gasteiger partial charge is 0.492 e. The fourth-order valence-electron chi connectivity index (χ4n) is 3.13. The molecule has 1 atom stereocenters. The number of ether oxygens (including phenoxy) is 1. The van der Waals surface area contributed by atoms with Crippen LogP contribution in [0, 0.1) is 11.8 Å². The molecule has 6 heteroatoms. The molecule has 118 valence electrons. The highest BCUT2D eigenvalue weighted by molar-refractivity contribution is 6.30. The number of hydrogen-bond donors (Lipinski definition) is 1. The van der Waals surface area contributed by atoms with E-state index in [1.165, 1.54) is 0 Å². The van der Waals surface area contributed by atoms with Gasteiger partial charge in [0.25, 0.3) is 0 Å². The van der Waals surface area contributed by atoms with E-state index in [0.717, 1.165) is 11.3 Å². The normalized spacial score (nSPS) is 21.9. The zero-order chi connectivity index (χ0) is 15.7. The lowest BCUT2D eigenvalue weighted by atomic mass is 9.92. The van der Waals surface area contributed by atoms with Crippen LogP contribution in [0.25, 0.3) is 0 Å². The molecule has 0 aliphatic carbocycles. The van der Waals surface area contributed by atoms with Crippen molar-refractivity contribution in [1.29, 1.82) is 0 Å². The van der Waals surface area contributed by atoms with Crippen molar-refractivity contribution in [3.63, 3.8) is 0 Å². The van der Waals surface area contributed by atoms with E-state index in [-0.39, 0.29) is 17.7 Å². The van der Waals surface area contributed by atoms with Crippen molar-refractivity contribution in [2.45, 2.75) is 19.3 Å². The molecule has 0 spiro atoms. The summed E-state index contributed by atoms with van der Waals surface area (Å²) in [6, 6.07) is 5.45. The van der Waals surface area contributed by atoms with Gasteiger partial charge in [0.2, 0.25) is 5.91 Å². The number of carboxylic acids is 1. The molecule has 1 aromatic carbocycles. The van der Waals surface area contributed by atoms with E-state index in [0.29, 0.717) is 44.0 Å². The Morgan fingerprint density at radius 2 is 1.95 bits per heavy atom. The number of likely N-dealkylation sites (tertiary alicyclic amines) is 1. The van der Waals surface area contributed by atoms with Crippen LogP contribution in [-0.4, -0.2) is 41.6 Å². The summed E-state index contributed by atoms with van der Waals surface area (Å²) in [5.41, 5.74) is 0.956. The Morgan fingerprint density at radius 3 is 2.64 bits per heavy atom. The lowest BCUT2D eigenvalue weighted by Crippen LogP contribution is -2.45. The van der Waals surface area contributed by atoms with Gasteiger partial charge in [-0.25, -0.2) is 0 Å². The minimum absolute atomic E-state index is 0.0504. The zero-order valence-corrected chi connectivity index (χ0v) is 12.9. The standard InChI is InChI=1S/C16H18ClNO4/c17-13-1-2-14-11(8-13)7-12(9-22-14)15(19)18-5-3-10(4-6-18)16(20)21/h1-2,8,10,12H,3-7,9H2,(H,20,21). The molecule has 2 aliphatic heterocycles. The number of piperidine rings is 1. The summed E-state index contributed by atoms with van der Waals surface area (Å²) in [5.74, 6) is -0.470. The molecule has 1 fully saturated rings. The van der Waals surface area contributed by atoms with E-state index in [1.807, 2.05) is 12.1 Å². The number of amides is 1. The van der Waals surface area contributed by atoms with Crippen molar-refractivity contribution < 1.29 is 19.4 Å². The first-order valence-electron chi connectivity index (χ1n) is 7.47. The second kappa shape index (κ2) is 6.16. The summed E-state index contributed by atoms with van der Waals surface area (Å²) in [4.78, 5) is 25.3. The van der Waals surface area contributed by atoms with Crippen LogP contribution in [0.3, 0.4) is 0 Å². The smallest absolute Gasteiger partial charge is 0.306 e. The van der Waals surface area contributed by atoms with E-state index in [1.54, 1.807) is 11.0 Å². The number of benzene rings is 1. The van der Waals surface area contributed by atoms with Crippen LogP contribution in [0.2, 0.25) is 5.02 Å². The fraction of sp³-hybridized carbons (Fsp3) is 0.500. The molecular formula is C16H18ClNO4. The van der Waals surface area contributed by atoms with Crippen LogP contribution in [-0.2, 0) is 16.0 Å². The molecule has 3 rings (SSSR count). The summed E-state index contributed by atoms with van der Waals surface area (Å²) >= 11 is 5.99. The van der Waals surface area contributed by atoms with Gasteiger partial charge in [0.05, 0.1) is 11.8 Å². The van der Waals surface area contributed by atoms with E-state index >= 15 is 0 Å². The highest BCUT2D eigenvalue weighted by Gasteiger charge is 2.33. The number of hydrogen-bond acceptors (Lipinski definition) is 3. The third kappa shape index (κ3) is 3.04. The quantitative estimate of drug-likeness (QED) is 0.906. The average Bonchev–Trinajstić information content (AvgIpc) is 2.53. The molecule has 0 bridgehead atoms. The summed E-state index contributed by atoms with van der Waals surface area (Å²) in [7, 11) is 0. The Balaban J connectivity index is 1.63. The van der Waals surface area contributed by atoms with Gasteiger partial charge in [0, 0.05) is 18.1 Å². The summed E-state index contributed by atoms with van der Waals surface area (Å²) in [5, 5.41) is 9.65. The number of rotatable bonds is 2. The van der Waals surface area contributed by atoms with Crippen LogP contribution in [0.4, 0.5) is 0 Å². The Kier molecular flexibility index (Phi) is 4.25.